The summed E-state index contributed by atoms with van der Waals surface area (Å²) in [5, 5.41) is 11.8. The number of hydrogen-bond donors (Lipinski definition) is 2. The van der Waals surface area contributed by atoms with Gasteiger partial charge in [0.2, 0.25) is 0 Å². The van der Waals surface area contributed by atoms with Gasteiger partial charge in [-0.25, -0.2) is 9.97 Å². The van der Waals surface area contributed by atoms with E-state index in [9.17, 15) is 18.0 Å². The summed E-state index contributed by atoms with van der Waals surface area (Å²) in [6, 6.07) is 2.01. The van der Waals surface area contributed by atoms with Crippen LogP contribution in [0.5, 0.6) is 0 Å². The molecule has 6 nitrogen and oxygen atoms in total. The molecular formula is C15H13F3N4O2. The van der Waals surface area contributed by atoms with Gasteiger partial charge in [0.15, 0.2) is 17.8 Å². The summed E-state index contributed by atoms with van der Waals surface area (Å²) in [6.45, 7) is 0.377. The first-order valence-corrected chi connectivity index (χ1v) is 7.13. The number of carbonyl (C=O) groups excluding carboxylic acids is 1. The molecule has 0 aliphatic rings. The fraction of sp³-hybridized carbons (Fsp3) is 0.267. The number of nitrogens with one attached hydrogen (secondary N) is 1. The second-order valence-corrected chi connectivity index (χ2v) is 5.13. The van der Waals surface area contributed by atoms with E-state index in [1.165, 1.54) is 6.20 Å². The van der Waals surface area contributed by atoms with Gasteiger partial charge in [0, 0.05) is 31.1 Å². The molecule has 2 heterocycles. The number of carbonyl (C=O) groups is 1. The molecule has 3 rings (SSSR count). The zero-order chi connectivity index (χ0) is 17.3. The van der Waals surface area contributed by atoms with Gasteiger partial charge < -0.3 is 10.4 Å². The summed E-state index contributed by atoms with van der Waals surface area (Å²) in [5.41, 5.74) is -0.613. The zero-order valence-electron chi connectivity index (χ0n) is 12.3. The van der Waals surface area contributed by atoms with Crippen molar-refractivity contribution in [1.29, 1.82) is 0 Å². The summed E-state index contributed by atoms with van der Waals surface area (Å²) < 4.78 is 40.9. The fourth-order valence-electron chi connectivity index (χ4n) is 2.47. The summed E-state index contributed by atoms with van der Waals surface area (Å²) in [7, 11) is 0. The van der Waals surface area contributed by atoms with Crippen LogP contribution in [-0.2, 0) is 6.18 Å². The van der Waals surface area contributed by atoms with E-state index >= 15 is 0 Å². The van der Waals surface area contributed by atoms with Crippen molar-refractivity contribution in [1.82, 2.24) is 14.4 Å². The number of anilines is 1. The van der Waals surface area contributed by atoms with Crippen molar-refractivity contribution >= 4 is 28.8 Å². The normalized spacial score (nSPS) is 12.0. The van der Waals surface area contributed by atoms with Gasteiger partial charge in [0.05, 0.1) is 16.6 Å². The van der Waals surface area contributed by atoms with Gasteiger partial charge in [-0.05, 0) is 18.6 Å². The van der Waals surface area contributed by atoms with Gasteiger partial charge in [-0.15, -0.1) is 0 Å². The molecule has 0 unspecified atom stereocenters. The number of aliphatic hydroxyl groups excluding tert-OH is 1. The number of aromatic nitrogens is 3. The van der Waals surface area contributed by atoms with Crippen LogP contribution in [0.2, 0.25) is 0 Å². The molecule has 0 amide bonds. The first-order chi connectivity index (χ1) is 11.5. The smallest absolute Gasteiger partial charge is 0.396 e. The first kappa shape index (κ1) is 16.2. The Morgan fingerprint density at radius 3 is 2.79 bits per heavy atom. The van der Waals surface area contributed by atoms with E-state index in [-0.39, 0.29) is 18.4 Å². The lowest BCUT2D eigenvalue weighted by Gasteiger charge is -2.13. The topological polar surface area (TPSA) is 79.5 Å². The second-order valence-electron chi connectivity index (χ2n) is 5.13. The summed E-state index contributed by atoms with van der Waals surface area (Å²) in [6.07, 6.45) is -0.937. The second kappa shape index (κ2) is 6.08. The highest BCUT2D eigenvalue weighted by Gasteiger charge is 2.34. The molecule has 9 heteroatoms. The zero-order valence-corrected chi connectivity index (χ0v) is 12.3. The molecule has 3 aromatic rings. The Bertz CT molecular complexity index is 905. The van der Waals surface area contributed by atoms with E-state index in [0.29, 0.717) is 29.9 Å². The Hall–Kier alpha value is -2.68. The molecule has 1 aromatic carbocycles. The predicted molar refractivity (Wildman–Crippen MR) is 81.1 cm³/mol. The van der Waals surface area contributed by atoms with Gasteiger partial charge in [0.1, 0.15) is 0 Å². The van der Waals surface area contributed by atoms with E-state index < -0.39 is 17.3 Å². The number of hydrogen-bond acceptors (Lipinski definition) is 5. The molecule has 0 saturated carbocycles. The first-order valence-electron chi connectivity index (χ1n) is 7.13. The van der Waals surface area contributed by atoms with Crippen LogP contribution in [-0.4, -0.2) is 38.9 Å². The van der Waals surface area contributed by atoms with E-state index in [1.54, 1.807) is 10.6 Å². The number of imidazole rings is 1. The van der Waals surface area contributed by atoms with E-state index in [2.05, 4.69) is 15.3 Å². The number of nitrogens with zero attached hydrogens (tertiary/aromatic N) is 3. The largest absolute Gasteiger partial charge is 0.417 e. The van der Waals surface area contributed by atoms with Gasteiger partial charge in [-0.3, -0.25) is 9.20 Å². The van der Waals surface area contributed by atoms with Crippen LogP contribution in [0, 0.1) is 0 Å². The summed E-state index contributed by atoms with van der Waals surface area (Å²) >= 11 is 0. The quantitative estimate of drug-likeness (QED) is 0.552. The molecule has 0 spiro atoms. The number of benzene rings is 1. The minimum atomic E-state index is -4.65. The standard InChI is InChI=1S/C15H13F3N4O2/c16-15(17,18)10-7-11-12(6-9(10)8-24)22-4-3-20-14(22)13(21-11)19-2-1-5-23/h3-4,6-8,23H,1-2,5H2,(H,19,21). The van der Waals surface area contributed by atoms with Crippen molar-refractivity contribution in [3.63, 3.8) is 0 Å². The molecule has 2 N–H and O–H groups in total. The molecule has 0 saturated heterocycles. The van der Waals surface area contributed by atoms with E-state index in [4.69, 9.17) is 5.11 Å². The third-order valence-corrected chi connectivity index (χ3v) is 3.55. The highest BCUT2D eigenvalue weighted by molar-refractivity contribution is 5.90. The number of aldehydes is 1. The van der Waals surface area contributed by atoms with Crippen molar-refractivity contribution < 1.29 is 23.1 Å². The Morgan fingerprint density at radius 1 is 1.33 bits per heavy atom. The van der Waals surface area contributed by atoms with E-state index in [0.717, 1.165) is 12.1 Å². The maximum atomic E-state index is 13.1. The SMILES string of the molecule is O=Cc1cc2c(cc1C(F)(F)F)nc(NCCCO)c1nccn12. The molecule has 0 atom stereocenters. The van der Waals surface area contributed by atoms with Gasteiger partial charge in [-0.2, -0.15) is 13.2 Å². The number of halogens is 3. The van der Waals surface area contributed by atoms with Gasteiger partial charge in [-0.1, -0.05) is 0 Å². The van der Waals surface area contributed by atoms with Crippen LogP contribution >= 0.6 is 0 Å². The lowest BCUT2D eigenvalue weighted by molar-refractivity contribution is -0.137. The van der Waals surface area contributed by atoms with Crippen LogP contribution < -0.4 is 5.32 Å². The highest BCUT2D eigenvalue weighted by atomic mass is 19.4. The lowest BCUT2D eigenvalue weighted by Crippen LogP contribution is -2.11. The minimum Gasteiger partial charge on any atom is -0.396 e. The Kier molecular flexibility index (Phi) is 4.10. The molecule has 0 fully saturated rings. The van der Waals surface area contributed by atoms with Crippen molar-refractivity contribution in [2.45, 2.75) is 12.6 Å². The molecular weight excluding hydrogens is 325 g/mol. The molecule has 0 aliphatic carbocycles. The Labute approximate surface area is 133 Å². The molecule has 2 aromatic heterocycles. The van der Waals surface area contributed by atoms with Crippen molar-refractivity contribution in [2.75, 3.05) is 18.5 Å². The maximum Gasteiger partial charge on any atom is 0.417 e. The predicted octanol–water partition coefficient (Wildman–Crippen LogP) is 2.51. The molecule has 0 aliphatic heterocycles. The average Bonchev–Trinajstić information content (AvgIpc) is 3.03. The Morgan fingerprint density at radius 2 is 2.12 bits per heavy atom. The number of aliphatic hydroxyl groups is 1. The molecule has 0 bridgehead atoms. The molecule has 0 radical (unpaired) electrons. The number of alkyl halides is 3. The monoisotopic (exact) mass is 338 g/mol. The lowest BCUT2D eigenvalue weighted by atomic mass is 10.1. The van der Waals surface area contributed by atoms with Crippen molar-refractivity contribution in [2.24, 2.45) is 0 Å². The third-order valence-electron chi connectivity index (χ3n) is 3.55. The average molecular weight is 338 g/mol. The van der Waals surface area contributed by atoms with Crippen LogP contribution in [0.4, 0.5) is 19.0 Å². The molecule has 126 valence electrons. The number of fused-ring (bicyclic) bond motifs is 3. The Balaban J connectivity index is 2.24. The van der Waals surface area contributed by atoms with Crippen LogP contribution in [0.15, 0.2) is 24.5 Å². The van der Waals surface area contributed by atoms with Crippen molar-refractivity contribution in [3.8, 4) is 0 Å². The third kappa shape index (κ3) is 2.78. The summed E-state index contributed by atoms with van der Waals surface area (Å²) in [5.74, 6) is 0.313. The van der Waals surface area contributed by atoms with Crippen molar-refractivity contribution in [3.05, 3.63) is 35.7 Å². The highest BCUT2D eigenvalue weighted by Crippen LogP contribution is 2.34. The number of rotatable bonds is 5. The minimum absolute atomic E-state index is 0.0216. The molecule has 24 heavy (non-hydrogen) atoms. The van der Waals surface area contributed by atoms with Crippen LogP contribution in [0.25, 0.3) is 16.7 Å². The van der Waals surface area contributed by atoms with Crippen LogP contribution in [0.1, 0.15) is 22.3 Å². The van der Waals surface area contributed by atoms with Crippen LogP contribution in [0.3, 0.4) is 0 Å². The summed E-state index contributed by atoms with van der Waals surface area (Å²) in [4.78, 5) is 19.4. The van der Waals surface area contributed by atoms with E-state index in [1.807, 2.05) is 0 Å². The van der Waals surface area contributed by atoms with Gasteiger partial charge >= 0.3 is 6.18 Å². The fourth-order valence-corrected chi connectivity index (χ4v) is 2.47. The maximum absolute atomic E-state index is 13.1. The van der Waals surface area contributed by atoms with Gasteiger partial charge in [0.25, 0.3) is 0 Å².